The van der Waals surface area contributed by atoms with E-state index < -0.39 is 11.4 Å². The molecule has 1 saturated heterocycles. The first kappa shape index (κ1) is 21.3. The summed E-state index contributed by atoms with van der Waals surface area (Å²) in [4.78, 5) is 28.5. The van der Waals surface area contributed by atoms with Gasteiger partial charge in [-0.2, -0.15) is 0 Å². The van der Waals surface area contributed by atoms with E-state index >= 15 is 0 Å². The Bertz CT molecular complexity index is 986. The summed E-state index contributed by atoms with van der Waals surface area (Å²) in [5.41, 5.74) is 1.89. The summed E-state index contributed by atoms with van der Waals surface area (Å²) in [6.07, 6.45) is 1.41. The van der Waals surface area contributed by atoms with Gasteiger partial charge in [-0.3, -0.25) is 14.5 Å². The van der Waals surface area contributed by atoms with E-state index in [2.05, 4.69) is 11.4 Å². The Morgan fingerprint density at radius 3 is 2.61 bits per heavy atom. The molecule has 2 aliphatic rings. The molecule has 1 fully saturated rings. The average Bonchev–Trinajstić information content (AvgIpc) is 2.88. The number of halogens is 1. The second kappa shape index (κ2) is 8.67. The molecule has 2 aromatic carbocycles. The zero-order valence-electron chi connectivity index (χ0n) is 18.0. The predicted molar refractivity (Wildman–Crippen MR) is 116 cm³/mol. The minimum atomic E-state index is -0.468. The van der Waals surface area contributed by atoms with Gasteiger partial charge in [0.2, 0.25) is 11.8 Å². The van der Waals surface area contributed by atoms with E-state index in [9.17, 15) is 14.0 Å². The summed E-state index contributed by atoms with van der Waals surface area (Å²) in [6, 6.07) is 12.2. The Labute approximate surface area is 182 Å². The summed E-state index contributed by atoms with van der Waals surface area (Å²) < 4.78 is 20.3. The summed E-state index contributed by atoms with van der Waals surface area (Å²) in [6.45, 7) is 6.22. The van der Waals surface area contributed by atoms with Gasteiger partial charge in [-0.25, -0.2) is 4.39 Å². The van der Waals surface area contributed by atoms with Crippen LogP contribution < -0.4 is 10.1 Å². The van der Waals surface area contributed by atoms with Crippen molar-refractivity contribution in [1.82, 2.24) is 9.80 Å². The molecule has 6 nitrogen and oxygen atoms in total. The zero-order chi connectivity index (χ0) is 22.0. The molecule has 0 aliphatic carbocycles. The molecule has 2 aliphatic heterocycles. The van der Waals surface area contributed by atoms with E-state index in [0.717, 1.165) is 16.9 Å². The fourth-order valence-corrected chi connectivity index (χ4v) is 4.36. The number of anilines is 1. The van der Waals surface area contributed by atoms with Crippen LogP contribution in [0.5, 0.6) is 5.75 Å². The van der Waals surface area contributed by atoms with Crippen molar-refractivity contribution in [3.8, 4) is 5.75 Å². The Kier molecular flexibility index (Phi) is 5.96. The van der Waals surface area contributed by atoms with Crippen LogP contribution in [-0.2, 0) is 16.1 Å². The molecule has 0 unspecified atom stereocenters. The summed E-state index contributed by atoms with van der Waals surface area (Å²) >= 11 is 0. The van der Waals surface area contributed by atoms with Gasteiger partial charge in [-0.1, -0.05) is 29.8 Å². The highest BCUT2D eigenvalue weighted by Gasteiger charge is 2.41. The SMILES string of the molecule is CC(=O)N1Cc2cc(C)ccc2OC2(CCN(CC(=O)Nc3ccccc3F)CC2)C1. The van der Waals surface area contributed by atoms with Gasteiger partial charge in [-0.15, -0.1) is 0 Å². The first-order valence-corrected chi connectivity index (χ1v) is 10.6. The first-order valence-electron chi connectivity index (χ1n) is 10.6. The molecule has 31 heavy (non-hydrogen) atoms. The van der Waals surface area contributed by atoms with Crippen LogP contribution in [0.15, 0.2) is 42.5 Å². The number of benzene rings is 2. The molecule has 0 bridgehead atoms. The van der Waals surface area contributed by atoms with Gasteiger partial charge >= 0.3 is 0 Å². The summed E-state index contributed by atoms with van der Waals surface area (Å²) in [5, 5.41) is 2.64. The fourth-order valence-electron chi connectivity index (χ4n) is 4.36. The minimum Gasteiger partial charge on any atom is -0.485 e. The quantitative estimate of drug-likeness (QED) is 0.819. The number of carbonyl (C=O) groups excluding carboxylic acids is 2. The van der Waals surface area contributed by atoms with Crippen molar-refractivity contribution in [2.24, 2.45) is 0 Å². The number of likely N-dealkylation sites (tertiary alicyclic amines) is 1. The lowest BCUT2D eigenvalue weighted by molar-refractivity contribution is -0.132. The standard InChI is InChI=1S/C24H28FN3O3/c1-17-7-8-22-19(13-17)14-28(18(2)29)16-24(31-22)9-11-27(12-10-24)15-23(30)26-21-6-4-3-5-20(21)25/h3-8,13H,9-12,14-16H2,1-2H3,(H,26,30). The number of fused-ring (bicyclic) bond motifs is 1. The molecule has 1 N–H and O–H groups in total. The normalized spacial score (nSPS) is 18.1. The van der Waals surface area contributed by atoms with Gasteiger partial charge < -0.3 is 15.0 Å². The summed E-state index contributed by atoms with van der Waals surface area (Å²) in [7, 11) is 0. The van der Waals surface area contributed by atoms with E-state index in [1.54, 1.807) is 25.1 Å². The number of rotatable bonds is 3. The molecule has 164 valence electrons. The molecule has 0 atom stereocenters. The van der Waals surface area contributed by atoms with Gasteiger partial charge in [0, 0.05) is 45.0 Å². The molecular formula is C24H28FN3O3. The van der Waals surface area contributed by atoms with Crippen molar-refractivity contribution in [3.63, 3.8) is 0 Å². The number of para-hydroxylation sites is 1. The van der Waals surface area contributed by atoms with Gasteiger partial charge in [0.05, 0.1) is 18.8 Å². The largest absolute Gasteiger partial charge is 0.485 e. The topological polar surface area (TPSA) is 61.9 Å². The third-order valence-corrected chi connectivity index (χ3v) is 6.11. The third-order valence-electron chi connectivity index (χ3n) is 6.11. The highest BCUT2D eigenvalue weighted by molar-refractivity contribution is 5.92. The van der Waals surface area contributed by atoms with Crippen LogP contribution in [0.4, 0.5) is 10.1 Å². The average molecular weight is 426 g/mol. The van der Waals surface area contributed by atoms with Crippen LogP contribution in [0, 0.1) is 12.7 Å². The lowest BCUT2D eigenvalue weighted by Gasteiger charge is -2.42. The molecule has 1 spiro atoms. The molecule has 2 amide bonds. The highest BCUT2D eigenvalue weighted by Crippen LogP contribution is 2.36. The van der Waals surface area contributed by atoms with Gasteiger partial charge in [0.1, 0.15) is 17.2 Å². The van der Waals surface area contributed by atoms with E-state index in [-0.39, 0.29) is 24.0 Å². The van der Waals surface area contributed by atoms with Crippen molar-refractivity contribution in [2.75, 3.05) is 31.5 Å². The molecular weight excluding hydrogens is 397 g/mol. The number of nitrogens with one attached hydrogen (secondary N) is 1. The zero-order valence-corrected chi connectivity index (χ0v) is 18.0. The van der Waals surface area contributed by atoms with Gasteiger partial charge in [-0.05, 0) is 25.1 Å². The second-order valence-corrected chi connectivity index (χ2v) is 8.58. The Hall–Kier alpha value is -2.93. The van der Waals surface area contributed by atoms with Crippen molar-refractivity contribution < 1.29 is 18.7 Å². The van der Waals surface area contributed by atoms with E-state index in [1.165, 1.54) is 6.07 Å². The molecule has 0 saturated carbocycles. The van der Waals surface area contributed by atoms with Crippen LogP contribution in [0.25, 0.3) is 0 Å². The smallest absolute Gasteiger partial charge is 0.238 e. The maximum absolute atomic E-state index is 13.8. The van der Waals surface area contributed by atoms with Gasteiger partial charge in [0.15, 0.2) is 0 Å². The lowest BCUT2D eigenvalue weighted by atomic mass is 9.90. The number of carbonyl (C=O) groups is 2. The van der Waals surface area contributed by atoms with Crippen LogP contribution in [0.3, 0.4) is 0 Å². The molecule has 4 rings (SSSR count). The predicted octanol–water partition coefficient (Wildman–Crippen LogP) is 3.35. The third kappa shape index (κ3) is 4.88. The number of ether oxygens (including phenoxy) is 1. The van der Waals surface area contributed by atoms with Gasteiger partial charge in [0.25, 0.3) is 0 Å². The number of nitrogens with zero attached hydrogens (tertiary/aromatic N) is 2. The Balaban J connectivity index is 1.42. The fraction of sp³-hybridized carbons (Fsp3) is 0.417. The molecule has 0 radical (unpaired) electrons. The Morgan fingerprint density at radius 2 is 1.90 bits per heavy atom. The molecule has 7 heteroatoms. The minimum absolute atomic E-state index is 0.0315. The number of hydrogen-bond donors (Lipinski definition) is 1. The Morgan fingerprint density at radius 1 is 1.16 bits per heavy atom. The summed E-state index contributed by atoms with van der Waals surface area (Å²) in [5.74, 6) is 0.177. The van der Waals surface area contributed by atoms with E-state index in [0.29, 0.717) is 39.0 Å². The van der Waals surface area contributed by atoms with Crippen molar-refractivity contribution >= 4 is 17.5 Å². The van der Waals surface area contributed by atoms with Crippen LogP contribution in [0.2, 0.25) is 0 Å². The number of amides is 2. The van der Waals surface area contributed by atoms with Crippen molar-refractivity contribution in [2.45, 2.75) is 38.8 Å². The number of piperidine rings is 1. The van der Waals surface area contributed by atoms with E-state index in [4.69, 9.17) is 4.74 Å². The maximum atomic E-state index is 13.8. The number of aryl methyl sites for hydroxylation is 1. The lowest BCUT2D eigenvalue weighted by Crippen LogP contribution is -2.54. The monoisotopic (exact) mass is 425 g/mol. The number of hydrogen-bond acceptors (Lipinski definition) is 4. The first-order chi connectivity index (χ1) is 14.8. The molecule has 2 heterocycles. The van der Waals surface area contributed by atoms with Crippen LogP contribution >= 0.6 is 0 Å². The maximum Gasteiger partial charge on any atom is 0.238 e. The molecule has 0 aromatic heterocycles. The van der Waals surface area contributed by atoms with Crippen LogP contribution in [0.1, 0.15) is 30.9 Å². The van der Waals surface area contributed by atoms with Crippen molar-refractivity contribution in [3.05, 3.63) is 59.4 Å². The second-order valence-electron chi connectivity index (χ2n) is 8.58. The van der Waals surface area contributed by atoms with Crippen molar-refractivity contribution in [1.29, 1.82) is 0 Å². The van der Waals surface area contributed by atoms with E-state index in [1.807, 2.05) is 28.9 Å². The highest BCUT2D eigenvalue weighted by atomic mass is 19.1. The molecule has 2 aromatic rings. The van der Waals surface area contributed by atoms with Crippen LogP contribution in [-0.4, -0.2) is 53.4 Å².